The second-order valence-electron chi connectivity index (χ2n) is 7.86. The van der Waals surface area contributed by atoms with Gasteiger partial charge in [0.1, 0.15) is 29.4 Å². The Labute approximate surface area is 198 Å². The summed E-state index contributed by atoms with van der Waals surface area (Å²) in [6, 6.07) is 12.3. The minimum absolute atomic E-state index is 0.0763. The van der Waals surface area contributed by atoms with Crippen LogP contribution in [0.1, 0.15) is 23.0 Å². The average Bonchev–Trinajstić information content (AvgIpc) is 3.05. The van der Waals surface area contributed by atoms with Gasteiger partial charge in [0.2, 0.25) is 5.91 Å². The fourth-order valence-corrected chi connectivity index (χ4v) is 3.57. The normalized spacial score (nSPS) is 17.2. The summed E-state index contributed by atoms with van der Waals surface area (Å²) >= 11 is 0. The molecular weight excluding hydrogens is 460 g/mol. The van der Waals surface area contributed by atoms with Gasteiger partial charge in [-0.25, -0.2) is 13.6 Å². The fourth-order valence-electron chi connectivity index (χ4n) is 3.57. The molecule has 1 aliphatic rings. The van der Waals surface area contributed by atoms with Crippen LogP contribution in [0.25, 0.3) is 0 Å². The van der Waals surface area contributed by atoms with Crippen molar-refractivity contribution in [3.8, 4) is 0 Å². The third-order valence-electron chi connectivity index (χ3n) is 5.40. The van der Waals surface area contributed by atoms with E-state index in [4.69, 9.17) is 0 Å². The quantitative estimate of drug-likeness (QED) is 0.470. The number of aromatic nitrogens is 1. The summed E-state index contributed by atoms with van der Waals surface area (Å²) in [5, 5.41) is 7.46. The lowest BCUT2D eigenvalue weighted by Crippen LogP contribution is -2.42. The molecule has 2 heterocycles. The number of pyridine rings is 1. The Morgan fingerprint density at radius 2 is 1.69 bits per heavy atom. The standard InChI is InChI=1S/C24H19F2N5O4/c1-24(14-5-7-15(25)8-6-14)22(34)31(23(35)30-24)13-20(32)28-19-12-16(26)9-10-17(19)29-21(33)18-4-2-3-11-27-18/h2-12H,13H2,1H3,(H,28,32)(H,29,33)(H,30,35). The van der Waals surface area contributed by atoms with Gasteiger partial charge in [0, 0.05) is 6.20 Å². The monoisotopic (exact) mass is 479 g/mol. The van der Waals surface area contributed by atoms with E-state index in [1.54, 1.807) is 12.1 Å². The molecule has 9 nitrogen and oxygen atoms in total. The molecule has 5 amide bonds. The van der Waals surface area contributed by atoms with Crippen LogP contribution < -0.4 is 16.0 Å². The number of anilines is 2. The zero-order chi connectivity index (χ0) is 25.2. The first-order valence-electron chi connectivity index (χ1n) is 10.4. The predicted octanol–water partition coefficient (Wildman–Crippen LogP) is 3.02. The summed E-state index contributed by atoms with van der Waals surface area (Å²) in [5.41, 5.74) is -1.04. The highest BCUT2D eigenvalue weighted by Crippen LogP contribution is 2.29. The molecule has 1 saturated heterocycles. The van der Waals surface area contributed by atoms with E-state index < -0.39 is 47.5 Å². The number of hydrogen-bond donors (Lipinski definition) is 3. The summed E-state index contributed by atoms with van der Waals surface area (Å²) in [6.07, 6.45) is 1.43. The largest absolute Gasteiger partial charge is 0.325 e. The smallest absolute Gasteiger partial charge is 0.323 e. The van der Waals surface area contributed by atoms with Crippen LogP contribution >= 0.6 is 0 Å². The minimum atomic E-state index is -1.49. The molecule has 1 aliphatic heterocycles. The summed E-state index contributed by atoms with van der Waals surface area (Å²) in [4.78, 5) is 55.2. The number of carbonyl (C=O) groups is 4. The molecule has 0 saturated carbocycles. The molecule has 2 aromatic carbocycles. The Kier molecular flexibility index (Phi) is 6.24. The van der Waals surface area contributed by atoms with Crippen molar-refractivity contribution in [1.82, 2.24) is 15.2 Å². The number of amides is 5. The van der Waals surface area contributed by atoms with Gasteiger partial charge in [-0.15, -0.1) is 0 Å². The predicted molar refractivity (Wildman–Crippen MR) is 121 cm³/mol. The molecule has 0 bridgehead atoms. The molecule has 0 aliphatic carbocycles. The van der Waals surface area contributed by atoms with E-state index in [1.165, 1.54) is 37.4 Å². The highest BCUT2D eigenvalue weighted by Gasteiger charge is 2.49. The van der Waals surface area contributed by atoms with E-state index in [9.17, 15) is 28.0 Å². The van der Waals surface area contributed by atoms with E-state index in [0.717, 1.165) is 24.3 Å². The first kappa shape index (κ1) is 23.5. The Balaban J connectivity index is 1.49. The van der Waals surface area contributed by atoms with Crippen LogP contribution in [0.3, 0.4) is 0 Å². The van der Waals surface area contributed by atoms with Crippen LogP contribution in [0.15, 0.2) is 66.9 Å². The van der Waals surface area contributed by atoms with Crippen molar-refractivity contribution < 1.29 is 28.0 Å². The van der Waals surface area contributed by atoms with Crippen molar-refractivity contribution in [3.05, 3.63) is 89.8 Å². The van der Waals surface area contributed by atoms with E-state index in [1.807, 2.05) is 0 Å². The number of carbonyl (C=O) groups excluding carboxylic acids is 4. The number of nitrogens with one attached hydrogen (secondary N) is 3. The van der Waals surface area contributed by atoms with E-state index >= 15 is 0 Å². The number of halogens is 2. The molecule has 1 fully saturated rings. The van der Waals surface area contributed by atoms with Crippen LogP contribution in [0.2, 0.25) is 0 Å². The summed E-state index contributed by atoms with van der Waals surface area (Å²) < 4.78 is 27.1. The lowest BCUT2D eigenvalue weighted by atomic mass is 9.92. The van der Waals surface area contributed by atoms with Crippen LogP contribution in [-0.2, 0) is 15.1 Å². The van der Waals surface area contributed by atoms with Crippen molar-refractivity contribution in [2.24, 2.45) is 0 Å². The average molecular weight is 479 g/mol. The SMILES string of the molecule is CC1(c2ccc(F)cc2)NC(=O)N(CC(=O)Nc2cc(F)ccc2NC(=O)c2ccccn2)C1=O. The van der Waals surface area contributed by atoms with Gasteiger partial charge in [0.05, 0.1) is 11.4 Å². The van der Waals surface area contributed by atoms with Crippen molar-refractivity contribution in [1.29, 1.82) is 0 Å². The topological polar surface area (TPSA) is 120 Å². The third kappa shape index (κ3) is 4.83. The first-order chi connectivity index (χ1) is 16.7. The lowest BCUT2D eigenvalue weighted by Gasteiger charge is -2.22. The molecule has 11 heteroatoms. The van der Waals surface area contributed by atoms with Crippen molar-refractivity contribution in [3.63, 3.8) is 0 Å². The number of rotatable bonds is 6. The van der Waals surface area contributed by atoms with Gasteiger partial charge in [-0.05, 0) is 55.0 Å². The van der Waals surface area contributed by atoms with Gasteiger partial charge in [-0.2, -0.15) is 0 Å². The van der Waals surface area contributed by atoms with E-state index in [2.05, 4.69) is 20.9 Å². The molecule has 0 spiro atoms. The highest BCUT2D eigenvalue weighted by molar-refractivity contribution is 6.11. The summed E-state index contributed by atoms with van der Waals surface area (Å²) in [5.74, 6) is -3.30. The van der Waals surface area contributed by atoms with E-state index in [-0.39, 0.29) is 17.1 Å². The maximum absolute atomic E-state index is 13.9. The van der Waals surface area contributed by atoms with Gasteiger partial charge in [0.15, 0.2) is 0 Å². The zero-order valence-corrected chi connectivity index (χ0v) is 18.3. The zero-order valence-electron chi connectivity index (χ0n) is 18.3. The molecule has 0 radical (unpaired) electrons. The molecule has 3 N–H and O–H groups in total. The number of imide groups is 1. The summed E-state index contributed by atoms with van der Waals surface area (Å²) in [6.45, 7) is 0.766. The number of benzene rings is 2. The van der Waals surface area contributed by atoms with Crippen LogP contribution in [0, 0.1) is 11.6 Å². The van der Waals surface area contributed by atoms with Gasteiger partial charge >= 0.3 is 6.03 Å². The van der Waals surface area contributed by atoms with Crippen LogP contribution in [-0.4, -0.2) is 40.2 Å². The molecule has 3 aromatic rings. The molecule has 178 valence electrons. The Morgan fingerprint density at radius 1 is 0.971 bits per heavy atom. The highest BCUT2D eigenvalue weighted by atomic mass is 19.1. The second kappa shape index (κ2) is 9.29. The van der Waals surface area contributed by atoms with Crippen LogP contribution in [0.4, 0.5) is 25.0 Å². The molecule has 1 aromatic heterocycles. The Morgan fingerprint density at radius 3 is 2.37 bits per heavy atom. The van der Waals surface area contributed by atoms with Crippen molar-refractivity contribution in [2.75, 3.05) is 17.2 Å². The lowest BCUT2D eigenvalue weighted by molar-refractivity contribution is -0.133. The number of urea groups is 1. The number of hydrogen-bond acceptors (Lipinski definition) is 5. The van der Waals surface area contributed by atoms with Gasteiger partial charge < -0.3 is 16.0 Å². The molecule has 4 rings (SSSR count). The molecule has 35 heavy (non-hydrogen) atoms. The second-order valence-corrected chi connectivity index (χ2v) is 7.86. The van der Waals surface area contributed by atoms with Gasteiger partial charge in [-0.1, -0.05) is 18.2 Å². The Bertz CT molecular complexity index is 1320. The molecular formula is C24H19F2N5O4. The Hall–Kier alpha value is -4.67. The van der Waals surface area contributed by atoms with E-state index in [0.29, 0.717) is 10.5 Å². The fraction of sp³-hybridized carbons (Fsp3) is 0.125. The van der Waals surface area contributed by atoms with Crippen LogP contribution in [0.5, 0.6) is 0 Å². The maximum atomic E-state index is 13.9. The summed E-state index contributed by atoms with van der Waals surface area (Å²) in [7, 11) is 0. The molecule has 1 atom stereocenters. The maximum Gasteiger partial charge on any atom is 0.325 e. The van der Waals surface area contributed by atoms with Crippen molar-refractivity contribution >= 4 is 35.1 Å². The van der Waals surface area contributed by atoms with Crippen molar-refractivity contribution in [2.45, 2.75) is 12.5 Å². The number of nitrogens with zero attached hydrogens (tertiary/aromatic N) is 2. The minimum Gasteiger partial charge on any atom is -0.323 e. The van der Waals surface area contributed by atoms with Gasteiger partial charge in [-0.3, -0.25) is 24.3 Å². The third-order valence-corrected chi connectivity index (χ3v) is 5.40. The molecule has 1 unspecified atom stereocenters. The first-order valence-corrected chi connectivity index (χ1v) is 10.4. The van der Waals surface area contributed by atoms with Gasteiger partial charge in [0.25, 0.3) is 11.8 Å².